The Kier molecular flexibility index (Phi) is 5.01. The lowest BCUT2D eigenvalue weighted by Crippen LogP contribution is -2.15. The Hall–Kier alpha value is 0.530. The smallest absolute Gasteiger partial charge is 0.0186 e. The van der Waals surface area contributed by atoms with E-state index in [4.69, 9.17) is 0 Å². The Labute approximate surface area is 107 Å². The minimum absolute atomic E-state index is 0.354. The number of halogens is 2. The molecule has 0 bridgehead atoms. The van der Waals surface area contributed by atoms with Crippen LogP contribution in [0.3, 0.4) is 0 Å². The fourth-order valence-corrected chi connectivity index (χ4v) is 2.93. The topological polar surface area (TPSA) is 0 Å². The van der Waals surface area contributed by atoms with Crippen molar-refractivity contribution in [3.05, 3.63) is 28.7 Å². The summed E-state index contributed by atoms with van der Waals surface area (Å²) in [5.41, 5.74) is 0.354. The van der Waals surface area contributed by atoms with Crippen LogP contribution < -0.4 is 0 Å². The van der Waals surface area contributed by atoms with Crippen LogP contribution in [0.4, 0.5) is 0 Å². The molecule has 3 heteroatoms. The highest BCUT2D eigenvalue weighted by Gasteiger charge is 2.16. The second kappa shape index (κ2) is 5.57. The Morgan fingerprint density at radius 2 is 2.07 bits per heavy atom. The van der Waals surface area contributed by atoms with Gasteiger partial charge in [-0.2, -0.15) is 0 Å². The first kappa shape index (κ1) is 12.6. The van der Waals surface area contributed by atoms with Crippen LogP contribution in [0.1, 0.15) is 13.8 Å². The third-order valence-corrected chi connectivity index (χ3v) is 5.31. The molecule has 0 nitrogen and oxygen atoms in total. The maximum atomic E-state index is 3.54. The standard InChI is InChI=1S/C11H14Br2S/c1-11(2,7-12)8-14-10-5-3-4-9(13)6-10/h3-6H,7-8H2,1-2H3. The average Bonchev–Trinajstić information content (AvgIpc) is 2.15. The van der Waals surface area contributed by atoms with Crippen LogP contribution in [0.2, 0.25) is 0 Å². The van der Waals surface area contributed by atoms with E-state index < -0.39 is 0 Å². The summed E-state index contributed by atoms with van der Waals surface area (Å²) >= 11 is 8.92. The lowest BCUT2D eigenvalue weighted by Gasteiger charge is -2.20. The molecule has 0 unspecified atom stereocenters. The van der Waals surface area contributed by atoms with Crippen LogP contribution in [-0.4, -0.2) is 11.1 Å². The fourth-order valence-electron chi connectivity index (χ4n) is 0.874. The summed E-state index contributed by atoms with van der Waals surface area (Å²) in [5.74, 6) is 1.13. The van der Waals surface area contributed by atoms with Crippen LogP contribution >= 0.6 is 43.6 Å². The Bertz CT molecular complexity index is 297. The molecule has 1 rings (SSSR count). The third-order valence-electron chi connectivity index (χ3n) is 1.79. The van der Waals surface area contributed by atoms with Gasteiger partial charge in [0.15, 0.2) is 0 Å². The monoisotopic (exact) mass is 336 g/mol. The average molecular weight is 338 g/mol. The zero-order chi connectivity index (χ0) is 10.6. The minimum atomic E-state index is 0.354. The van der Waals surface area contributed by atoms with Gasteiger partial charge in [0.2, 0.25) is 0 Å². The Morgan fingerprint density at radius 1 is 1.36 bits per heavy atom. The van der Waals surface area contributed by atoms with Crippen molar-refractivity contribution in [3.63, 3.8) is 0 Å². The molecule has 0 fully saturated rings. The Balaban J connectivity index is 2.54. The van der Waals surface area contributed by atoms with Gasteiger partial charge in [-0.25, -0.2) is 0 Å². The van der Waals surface area contributed by atoms with Crippen molar-refractivity contribution in [3.8, 4) is 0 Å². The summed E-state index contributed by atoms with van der Waals surface area (Å²) in [5, 5.41) is 1.04. The van der Waals surface area contributed by atoms with Gasteiger partial charge in [-0.15, -0.1) is 11.8 Å². The van der Waals surface area contributed by atoms with E-state index in [1.54, 1.807) is 0 Å². The van der Waals surface area contributed by atoms with Gasteiger partial charge in [0.05, 0.1) is 0 Å². The van der Waals surface area contributed by atoms with E-state index in [-0.39, 0.29) is 0 Å². The fraction of sp³-hybridized carbons (Fsp3) is 0.455. The Morgan fingerprint density at radius 3 is 2.64 bits per heavy atom. The van der Waals surface area contributed by atoms with E-state index in [0.29, 0.717) is 5.41 Å². The van der Waals surface area contributed by atoms with Gasteiger partial charge in [-0.1, -0.05) is 51.8 Å². The number of benzene rings is 1. The van der Waals surface area contributed by atoms with Crippen molar-refractivity contribution >= 4 is 43.6 Å². The molecule has 78 valence electrons. The molecule has 0 spiro atoms. The maximum Gasteiger partial charge on any atom is 0.0186 e. The highest BCUT2D eigenvalue weighted by molar-refractivity contribution is 9.10. The number of thioether (sulfide) groups is 1. The molecule has 0 aliphatic heterocycles. The first-order valence-electron chi connectivity index (χ1n) is 4.48. The predicted octanol–water partition coefficient (Wildman–Crippen LogP) is 4.96. The van der Waals surface area contributed by atoms with Crippen molar-refractivity contribution in [2.75, 3.05) is 11.1 Å². The molecule has 0 radical (unpaired) electrons. The summed E-state index contributed by atoms with van der Waals surface area (Å²) in [6.07, 6.45) is 0. The molecule has 0 aliphatic rings. The molecule has 0 aliphatic carbocycles. The first-order valence-corrected chi connectivity index (χ1v) is 7.38. The second-order valence-corrected chi connectivity index (χ2v) is 6.57. The minimum Gasteiger partial charge on any atom is -0.126 e. The van der Waals surface area contributed by atoms with Crippen molar-refractivity contribution in [1.29, 1.82) is 0 Å². The van der Waals surface area contributed by atoms with Gasteiger partial charge >= 0.3 is 0 Å². The summed E-state index contributed by atoms with van der Waals surface area (Å²) < 4.78 is 1.15. The summed E-state index contributed by atoms with van der Waals surface area (Å²) in [4.78, 5) is 1.33. The molecular formula is C11H14Br2S. The molecule has 0 atom stereocenters. The van der Waals surface area contributed by atoms with Gasteiger partial charge in [-0.05, 0) is 23.6 Å². The molecule has 14 heavy (non-hydrogen) atoms. The maximum absolute atomic E-state index is 3.54. The molecule has 0 N–H and O–H groups in total. The van der Waals surface area contributed by atoms with Gasteiger partial charge in [0.1, 0.15) is 0 Å². The first-order chi connectivity index (χ1) is 6.53. The third kappa shape index (κ3) is 4.37. The van der Waals surface area contributed by atoms with Crippen LogP contribution in [0.5, 0.6) is 0 Å². The molecule has 0 saturated heterocycles. The lowest BCUT2D eigenvalue weighted by atomic mass is 10.0. The van der Waals surface area contributed by atoms with Gasteiger partial charge in [-0.3, -0.25) is 0 Å². The molecule has 0 heterocycles. The van der Waals surface area contributed by atoms with Crippen molar-refractivity contribution in [2.45, 2.75) is 18.7 Å². The number of hydrogen-bond acceptors (Lipinski definition) is 1. The molecule has 0 saturated carbocycles. The summed E-state index contributed by atoms with van der Waals surface area (Å²) in [6.45, 7) is 4.54. The second-order valence-electron chi connectivity index (χ2n) is 4.04. The van der Waals surface area contributed by atoms with Gasteiger partial charge in [0.25, 0.3) is 0 Å². The molecule has 1 aromatic rings. The normalized spacial score (nSPS) is 11.7. The molecule has 0 aromatic heterocycles. The number of hydrogen-bond donors (Lipinski definition) is 0. The van der Waals surface area contributed by atoms with E-state index in [1.807, 2.05) is 11.8 Å². The van der Waals surface area contributed by atoms with Crippen molar-refractivity contribution < 1.29 is 0 Å². The lowest BCUT2D eigenvalue weighted by molar-refractivity contribution is 0.496. The zero-order valence-corrected chi connectivity index (χ0v) is 12.4. The van der Waals surface area contributed by atoms with Crippen LogP contribution in [-0.2, 0) is 0 Å². The largest absolute Gasteiger partial charge is 0.126 e. The van der Waals surface area contributed by atoms with E-state index in [0.717, 1.165) is 15.6 Å². The van der Waals surface area contributed by atoms with Crippen LogP contribution in [0.25, 0.3) is 0 Å². The van der Waals surface area contributed by atoms with E-state index in [2.05, 4.69) is 70.0 Å². The predicted molar refractivity (Wildman–Crippen MR) is 72.4 cm³/mol. The highest BCUT2D eigenvalue weighted by atomic mass is 79.9. The SMILES string of the molecule is CC(C)(CBr)CSc1cccc(Br)c1. The summed E-state index contributed by atoms with van der Waals surface area (Å²) in [6, 6.07) is 8.45. The quantitative estimate of drug-likeness (QED) is 0.552. The van der Waals surface area contributed by atoms with Crippen molar-refractivity contribution in [1.82, 2.24) is 0 Å². The molecule has 1 aromatic carbocycles. The number of rotatable bonds is 4. The van der Waals surface area contributed by atoms with E-state index in [1.165, 1.54) is 4.90 Å². The zero-order valence-electron chi connectivity index (χ0n) is 8.39. The van der Waals surface area contributed by atoms with E-state index in [9.17, 15) is 0 Å². The molecular weight excluding hydrogens is 324 g/mol. The number of alkyl halides is 1. The van der Waals surface area contributed by atoms with Crippen LogP contribution in [0, 0.1) is 5.41 Å². The van der Waals surface area contributed by atoms with Crippen LogP contribution in [0.15, 0.2) is 33.6 Å². The van der Waals surface area contributed by atoms with Gasteiger partial charge in [0, 0.05) is 20.5 Å². The van der Waals surface area contributed by atoms with E-state index >= 15 is 0 Å². The highest BCUT2D eigenvalue weighted by Crippen LogP contribution is 2.30. The molecule has 0 amide bonds. The summed E-state index contributed by atoms with van der Waals surface area (Å²) in [7, 11) is 0. The van der Waals surface area contributed by atoms with Crippen molar-refractivity contribution in [2.24, 2.45) is 5.41 Å². The van der Waals surface area contributed by atoms with Gasteiger partial charge < -0.3 is 0 Å².